The van der Waals surface area contributed by atoms with Gasteiger partial charge in [-0.25, -0.2) is 4.98 Å². The molecule has 3 aromatic rings. The third-order valence-electron chi connectivity index (χ3n) is 4.23. The molecule has 0 saturated carbocycles. The molecular formula is C18H18N2O2S2. The van der Waals surface area contributed by atoms with E-state index in [4.69, 9.17) is 4.74 Å². The van der Waals surface area contributed by atoms with Crippen molar-refractivity contribution in [2.75, 3.05) is 13.2 Å². The highest BCUT2D eigenvalue weighted by Gasteiger charge is 2.30. The third-order valence-corrected chi connectivity index (χ3v) is 6.22. The molecule has 1 amide bonds. The van der Waals surface area contributed by atoms with Gasteiger partial charge in [-0.2, -0.15) is 0 Å². The Balaban J connectivity index is 1.34. The summed E-state index contributed by atoms with van der Waals surface area (Å²) in [5.41, 5.74) is 0.990. The minimum absolute atomic E-state index is 0.0759. The summed E-state index contributed by atoms with van der Waals surface area (Å²) in [6, 6.07) is 12.4. The van der Waals surface area contributed by atoms with E-state index in [1.807, 2.05) is 29.2 Å². The number of amides is 1. The van der Waals surface area contributed by atoms with Crippen molar-refractivity contribution in [3.63, 3.8) is 0 Å². The van der Waals surface area contributed by atoms with Gasteiger partial charge >= 0.3 is 0 Å². The highest BCUT2D eigenvalue weighted by atomic mass is 32.1. The number of rotatable bonds is 5. The van der Waals surface area contributed by atoms with Gasteiger partial charge in [0.05, 0.1) is 22.9 Å². The summed E-state index contributed by atoms with van der Waals surface area (Å²) in [5, 5.41) is 2.99. The molecule has 0 spiro atoms. The van der Waals surface area contributed by atoms with Gasteiger partial charge in [0.1, 0.15) is 11.6 Å². The smallest absolute Gasteiger partial charge is 0.249 e. The molecule has 1 aliphatic heterocycles. The number of likely N-dealkylation sites (tertiary alicyclic amines) is 1. The van der Waals surface area contributed by atoms with Gasteiger partial charge in [-0.05, 0) is 36.4 Å². The van der Waals surface area contributed by atoms with Crippen LogP contribution in [0.3, 0.4) is 0 Å². The molecule has 0 N–H and O–H groups in total. The van der Waals surface area contributed by atoms with E-state index in [1.54, 1.807) is 22.7 Å². The Bertz CT molecular complexity index is 796. The number of fused-ring (bicyclic) bond motifs is 1. The Kier molecular flexibility index (Phi) is 4.60. The van der Waals surface area contributed by atoms with Crippen LogP contribution in [-0.4, -0.2) is 28.9 Å². The maximum absolute atomic E-state index is 12.5. The molecule has 3 heterocycles. The molecule has 2 aromatic heterocycles. The second kappa shape index (κ2) is 7.01. The van der Waals surface area contributed by atoms with E-state index in [-0.39, 0.29) is 18.6 Å². The molecular weight excluding hydrogens is 340 g/mol. The van der Waals surface area contributed by atoms with Gasteiger partial charge in [0.25, 0.3) is 0 Å². The number of carbonyl (C=O) groups is 1. The van der Waals surface area contributed by atoms with Crippen LogP contribution in [-0.2, 0) is 16.1 Å². The summed E-state index contributed by atoms with van der Waals surface area (Å²) in [6.07, 6.45) is 2.11. The van der Waals surface area contributed by atoms with E-state index in [9.17, 15) is 4.79 Å². The summed E-state index contributed by atoms with van der Waals surface area (Å²) in [7, 11) is 0. The minimum Gasteiger partial charge on any atom is -0.364 e. The fraction of sp³-hybridized carbons (Fsp3) is 0.333. The van der Waals surface area contributed by atoms with E-state index < -0.39 is 0 Å². The maximum atomic E-state index is 12.5. The van der Waals surface area contributed by atoms with Crippen LogP contribution in [0.15, 0.2) is 41.8 Å². The lowest BCUT2D eigenvalue weighted by atomic mass is 10.2. The van der Waals surface area contributed by atoms with Crippen molar-refractivity contribution in [1.29, 1.82) is 0 Å². The third kappa shape index (κ3) is 3.22. The quantitative estimate of drug-likeness (QED) is 0.685. The average molecular weight is 358 g/mol. The number of nitrogens with zero attached hydrogens (tertiary/aromatic N) is 2. The van der Waals surface area contributed by atoms with E-state index in [1.165, 1.54) is 4.88 Å². The lowest BCUT2D eigenvalue weighted by Gasteiger charge is -2.23. The van der Waals surface area contributed by atoms with Gasteiger partial charge in [0.2, 0.25) is 5.91 Å². The Hall–Kier alpha value is -1.76. The van der Waals surface area contributed by atoms with Gasteiger partial charge in [0, 0.05) is 11.4 Å². The van der Waals surface area contributed by atoms with Crippen molar-refractivity contribution in [3.8, 4) is 0 Å². The monoisotopic (exact) mass is 358 g/mol. The molecule has 124 valence electrons. The SMILES string of the molecule is O=C(COCc1nc2ccccc2s1)N1CCC[C@@H]1c1cccs1. The zero-order valence-corrected chi connectivity index (χ0v) is 14.8. The Morgan fingerprint density at radius 2 is 2.21 bits per heavy atom. The second-order valence-electron chi connectivity index (χ2n) is 5.83. The number of thiophene rings is 1. The lowest BCUT2D eigenvalue weighted by molar-refractivity contribution is -0.137. The molecule has 1 aromatic carbocycles. The molecule has 24 heavy (non-hydrogen) atoms. The maximum Gasteiger partial charge on any atom is 0.249 e. The molecule has 1 aliphatic rings. The number of aromatic nitrogens is 1. The number of benzene rings is 1. The van der Waals surface area contributed by atoms with Crippen LogP contribution >= 0.6 is 22.7 Å². The molecule has 4 rings (SSSR count). The first kappa shape index (κ1) is 15.7. The highest BCUT2D eigenvalue weighted by Crippen LogP contribution is 2.34. The lowest BCUT2D eigenvalue weighted by Crippen LogP contribution is -2.33. The molecule has 1 atom stereocenters. The number of thiazole rings is 1. The predicted octanol–water partition coefficient (Wildman–Crippen LogP) is 4.24. The summed E-state index contributed by atoms with van der Waals surface area (Å²) < 4.78 is 6.80. The van der Waals surface area contributed by atoms with E-state index in [0.717, 1.165) is 34.6 Å². The minimum atomic E-state index is 0.0759. The molecule has 6 heteroatoms. The largest absolute Gasteiger partial charge is 0.364 e. The molecule has 0 aliphatic carbocycles. The van der Waals surface area contributed by atoms with Gasteiger partial charge in [0.15, 0.2) is 0 Å². The fourth-order valence-electron chi connectivity index (χ4n) is 3.13. The first-order valence-corrected chi connectivity index (χ1v) is 9.76. The van der Waals surface area contributed by atoms with E-state index in [2.05, 4.69) is 22.5 Å². The molecule has 0 unspecified atom stereocenters. The number of hydrogen-bond donors (Lipinski definition) is 0. The van der Waals surface area contributed by atoms with Gasteiger partial charge in [-0.3, -0.25) is 4.79 Å². The number of carbonyl (C=O) groups excluding carboxylic acids is 1. The van der Waals surface area contributed by atoms with Crippen LogP contribution in [0.1, 0.15) is 28.8 Å². The number of hydrogen-bond acceptors (Lipinski definition) is 5. The second-order valence-corrected chi connectivity index (χ2v) is 7.92. The summed E-state index contributed by atoms with van der Waals surface area (Å²) in [4.78, 5) is 20.3. The fourth-order valence-corrected chi connectivity index (χ4v) is 4.91. The van der Waals surface area contributed by atoms with Crippen LogP contribution in [0, 0.1) is 0 Å². The van der Waals surface area contributed by atoms with Crippen molar-refractivity contribution in [2.24, 2.45) is 0 Å². The van der Waals surface area contributed by atoms with Crippen LogP contribution in [0.4, 0.5) is 0 Å². The Labute approximate surface area is 148 Å². The van der Waals surface area contributed by atoms with Crippen LogP contribution in [0.2, 0.25) is 0 Å². The van der Waals surface area contributed by atoms with Crippen molar-refractivity contribution in [1.82, 2.24) is 9.88 Å². The molecule has 1 fully saturated rings. The van der Waals surface area contributed by atoms with Gasteiger partial charge < -0.3 is 9.64 Å². The zero-order chi connectivity index (χ0) is 16.4. The number of ether oxygens (including phenoxy) is 1. The molecule has 0 bridgehead atoms. The van der Waals surface area contributed by atoms with Crippen molar-refractivity contribution < 1.29 is 9.53 Å². The summed E-state index contributed by atoms with van der Waals surface area (Å²) >= 11 is 3.34. The Morgan fingerprint density at radius 1 is 1.29 bits per heavy atom. The summed E-state index contributed by atoms with van der Waals surface area (Å²) in [6.45, 7) is 1.34. The van der Waals surface area contributed by atoms with Gasteiger partial charge in [-0.15, -0.1) is 22.7 Å². The van der Waals surface area contributed by atoms with Crippen LogP contribution < -0.4 is 0 Å². The molecule has 0 radical (unpaired) electrons. The van der Waals surface area contributed by atoms with E-state index >= 15 is 0 Å². The average Bonchev–Trinajstić information content (AvgIpc) is 3.33. The molecule has 1 saturated heterocycles. The Morgan fingerprint density at radius 3 is 3.04 bits per heavy atom. The van der Waals surface area contributed by atoms with Crippen LogP contribution in [0.5, 0.6) is 0 Å². The predicted molar refractivity (Wildman–Crippen MR) is 97.3 cm³/mol. The highest BCUT2D eigenvalue weighted by molar-refractivity contribution is 7.18. The number of para-hydroxylation sites is 1. The van der Waals surface area contributed by atoms with Crippen molar-refractivity contribution in [2.45, 2.75) is 25.5 Å². The first-order chi connectivity index (χ1) is 11.8. The van der Waals surface area contributed by atoms with Gasteiger partial charge in [-0.1, -0.05) is 18.2 Å². The molecule has 4 nitrogen and oxygen atoms in total. The standard InChI is InChI=1S/C18H18N2O2S2/c21-18(20-9-3-6-14(20)16-8-4-10-23-16)12-22-11-17-19-13-5-1-2-7-15(13)24-17/h1-2,4-5,7-8,10,14H,3,6,9,11-12H2/t14-/m1/s1. The summed E-state index contributed by atoms with van der Waals surface area (Å²) in [5.74, 6) is 0.0759. The van der Waals surface area contributed by atoms with E-state index in [0.29, 0.717) is 6.61 Å². The van der Waals surface area contributed by atoms with Crippen molar-refractivity contribution >= 4 is 38.8 Å². The topological polar surface area (TPSA) is 42.4 Å². The van der Waals surface area contributed by atoms with Crippen LogP contribution in [0.25, 0.3) is 10.2 Å². The normalized spacial score (nSPS) is 17.7. The first-order valence-electron chi connectivity index (χ1n) is 8.06. The zero-order valence-electron chi connectivity index (χ0n) is 13.2. The van der Waals surface area contributed by atoms with Crippen molar-refractivity contribution in [3.05, 3.63) is 51.7 Å².